The first kappa shape index (κ1) is 29.3. The zero-order valence-electron chi connectivity index (χ0n) is 23.9. The molecular weight excluding hydrogens is 527 g/mol. The number of fused-ring (bicyclic) bond motifs is 1. The molecule has 1 aliphatic rings. The lowest BCUT2D eigenvalue weighted by Crippen LogP contribution is -2.29. The average molecular weight is 563 g/mol. The van der Waals surface area contributed by atoms with Crippen LogP contribution in [-0.2, 0) is 16.0 Å². The van der Waals surface area contributed by atoms with Crippen LogP contribution in [0.2, 0.25) is 0 Å². The van der Waals surface area contributed by atoms with Crippen molar-refractivity contribution in [2.24, 2.45) is 0 Å². The number of para-hydroxylation sites is 1. The van der Waals surface area contributed by atoms with Gasteiger partial charge < -0.3 is 35.4 Å². The first-order chi connectivity index (χ1) is 19.6. The summed E-state index contributed by atoms with van der Waals surface area (Å²) in [4.78, 5) is 38.6. The number of ether oxygens (including phenoxy) is 1. The van der Waals surface area contributed by atoms with E-state index >= 15 is 0 Å². The van der Waals surface area contributed by atoms with Gasteiger partial charge in [-0.1, -0.05) is 18.7 Å². The summed E-state index contributed by atoms with van der Waals surface area (Å²) in [7, 11) is 7.42. The molecule has 0 saturated carbocycles. The average Bonchev–Trinajstić information content (AvgIpc) is 3.39. The number of hydrogen-bond acceptors (Lipinski definition) is 9. The van der Waals surface area contributed by atoms with E-state index in [0.29, 0.717) is 48.0 Å². The van der Waals surface area contributed by atoms with E-state index in [2.05, 4.69) is 37.4 Å². The van der Waals surface area contributed by atoms with Crippen LogP contribution in [0.5, 0.6) is 5.75 Å². The Labute approximate surface area is 239 Å². The van der Waals surface area contributed by atoms with Crippen LogP contribution in [0.25, 0.3) is 0 Å². The smallest absolute Gasteiger partial charge is 0.247 e. The Morgan fingerprint density at radius 2 is 1.93 bits per heavy atom. The predicted octanol–water partition coefficient (Wildman–Crippen LogP) is 4.14. The number of aromatic nitrogens is 2. The molecule has 1 aliphatic heterocycles. The molecule has 2 aromatic carbocycles. The second-order valence-corrected chi connectivity index (χ2v) is 9.86. The number of hydrogen-bond donors (Lipinski definition) is 3. The Balaban J connectivity index is 1.67. The number of nitrogens with zero attached hydrogens (tertiary/aromatic N) is 5. The van der Waals surface area contributed by atoms with Gasteiger partial charge in [0, 0.05) is 39.7 Å². The molecule has 0 aliphatic carbocycles. The monoisotopic (exact) mass is 562 g/mol. The van der Waals surface area contributed by atoms with Crippen LogP contribution in [0, 0.1) is 5.82 Å². The van der Waals surface area contributed by atoms with Crippen molar-refractivity contribution in [2.45, 2.75) is 13.3 Å². The highest BCUT2D eigenvalue weighted by Crippen LogP contribution is 2.39. The summed E-state index contributed by atoms with van der Waals surface area (Å²) < 4.78 is 20.5. The number of likely N-dealkylation sites (N-methyl/N-ethyl adjacent to an activating group) is 2. The van der Waals surface area contributed by atoms with Crippen molar-refractivity contribution >= 4 is 52.0 Å². The van der Waals surface area contributed by atoms with E-state index in [0.717, 1.165) is 24.0 Å². The highest BCUT2D eigenvalue weighted by Gasteiger charge is 2.26. The number of nitrogens with one attached hydrogen (secondary N) is 3. The zero-order valence-corrected chi connectivity index (χ0v) is 23.9. The van der Waals surface area contributed by atoms with E-state index in [1.165, 1.54) is 20.1 Å². The molecule has 0 unspecified atom stereocenters. The lowest BCUT2D eigenvalue weighted by atomic mass is 10.1. The molecule has 3 aromatic rings. The molecule has 2 amide bonds. The van der Waals surface area contributed by atoms with Crippen molar-refractivity contribution in [3.63, 3.8) is 0 Å². The van der Waals surface area contributed by atoms with Gasteiger partial charge in [0.1, 0.15) is 5.75 Å². The summed E-state index contributed by atoms with van der Waals surface area (Å²) in [6.45, 7) is 7.10. The van der Waals surface area contributed by atoms with E-state index in [9.17, 15) is 14.0 Å². The van der Waals surface area contributed by atoms with E-state index in [1.807, 2.05) is 38.2 Å². The van der Waals surface area contributed by atoms with Gasteiger partial charge in [-0.3, -0.25) is 9.59 Å². The van der Waals surface area contributed by atoms with Crippen LogP contribution in [0.15, 0.2) is 49.2 Å². The lowest BCUT2D eigenvalue weighted by Gasteiger charge is -2.26. The van der Waals surface area contributed by atoms with Gasteiger partial charge in [-0.15, -0.1) is 0 Å². The van der Waals surface area contributed by atoms with Crippen LogP contribution >= 0.6 is 0 Å². The van der Waals surface area contributed by atoms with Crippen molar-refractivity contribution in [3.8, 4) is 5.75 Å². The fourth-order valence-corrected chi connectivity index (χ4v) is 4.54. The maximum absolute atomic E-state index is 14.9. The second-order valence-electron chi connectivity index (χ2n) is 9.86. The van der Waals surface area contributed by atoms with Gasteiger partial charge in [0.15, 0.2) is 11.6 Å². The summed E-state index contributed by atoms with van der Waals surface area (Å²) in [5.41, 5.74) is 3.98. The Hall–Kier alpha value is -4.71. The number of rotatable bonds is 11. The molecule has 4 rings (SSSR count). The molecule has 0 radical (unpaired) electrons. The molecule has 0 fully saturated rings. The van der Waals surface area contributed by atoms with E-state index in [1.54, 1.807) is 23.1 Å². The Bertz CT molecular complexity index is 1460. The predicted molar refractivity (Wildman–Crippen MR) is 160 cm³/mol. The van der Waals surface area contributed by atoms with Crippen molar-refractivity contribution in [1.82, 2.24) is 14.9 Å². The first-order valence-corrected chi connectivity index (χ1v) is 13.1. The molecule has 11 nitrogen and oxygen atoms in total. The number of amides is 2. The molecule has 2 heterocycles. The maximum atomic E-state index is 14.9. The molecule has 41 heavy (non-hydrogen) atoms. The maximum Gasteiger partial charge on any atom is 0.247 e. The van der Waals surface area contributed by atoms with Crippen LogP contribution in [0.4, 0.5) is 44.6 Å². The molecule has 216 valence electrons. The molecular formula is C29H35FN8O3. The van der Waals surface area contributed by atoms with Crippen molar-refractivity contribution in [3.05, 3.63) is 60.6 Å². The Morgan fingerprint density at radius 1 is 1.15 bits per heavy atom. The van der Waals surface area contributed by atoms with E-state index in [4.69, 9.17) is 4.74 Å². The van der Waals surface area contributed by atoms with Gasteiger partial charge >= 0.3 is 0 Å². The minimum absolute atomic E-state index is 0.0644. The summed E-state index contributed by atoms with van der Waals surface area (Å²) in [5.74, 6) is -0.630. The van der Waals surface area contributed by atoms with Gasteiger partial charge in [-0.2, -0.15) is 4.98 Å². The highest BCUT2D eigenvalue weighted by molar-refractivity contribution is 6.02. The van der Waals surface area contributed by atoms with Gasteiger partial charge in [0.2, 0.25) is 17.8 Å². The number of benzene rings is 2. The van der Waals surface area contributed by atoms with Crippen LogP contribution < -0.4 is 30.5 Å². The summed E-state index contributed by atoms with van der Waals surface area (Å²) in [6.07, 6.45) is 2.96. The van der Waals surface area contributed by atoms with Gasteiger partial charge in [-0.25, -0.2) is 9.37 Å². The Kier molecular flexibility index (Phi) is 9.03. The number of halogens is 1. The lowest BCUT2D eigenvalue weighted by molar-refractivity contribution is -0.116. The largest absolute Gasteiger partial charge is 0.494 e. The topological polar surface area (TPSA) is 115 Å². The van der Waals surface area contributed by atoms with E-state index in [-0.39, 0.29) is 23.6 Å². The fraction of sp³-hybridized carbons (Fsp3) is 0.310. The summed E-state index contributed by atoms with van der Waals surface area (Å²) >= 11 is 0. The zero-order chi connectivity index (χ0) is 29.7. The molecule has 1 aromatic heterocycles. The summed E-state index contributed by atoms with van der Waals surface area (Å²) in [6, 6.07) is 9.07. The normalized spacial score (nSPS) is 12.1. The third kappa shape index (κ3) is 6.72. The van der Waals surface area contributed by atoms with Gasteiger partial charge in [-0.05, 0) is 44.3 Å². The standard InChI is InChI=1S/C29H35FN8O3/c1-7-26(40)32-22-15-23(25(41-6)16-24(22)37(5)14-13-36(3)4)34-29-31-17-20(30)28(35-29)33-21-10-8-9-19-11-12-38(18(2)39)27(19)21/h7-10,15-17H,1,11-14H2,2-6H3,(H,32,40)(H2,31,33,34,35). The van der Waals surface area contributed by atoms with Crippen molar-refractivity contribution < 1.29 is 18.7 Å². The number of methoxy groups -OCH3 is 1. The second kappa shape index (κ2) is 12.6. The van der Waals surface area contributed by atoms with Crippen LogP contribution in [0.1, 0.15) is 12.5 Å². The molecule has 0 spiro atoms. The molecule has 0 atom stereocenters. The molecule has 3 N–H and O–H groups in total. The number of carbonyl (C=O) groups is 2. The quantitative estimate of drug-likeness (QED) is 0.297. The van der Waals surface area contributed by atoms with E-state index < -0.39 is 5.82 Å². The SMILES string of the molecule is C=CC(=O)Nc1cc(Nc2ncc(F)c(Nc3cccc4c3N(C(C)=O)CC4)n2)c(OC)cc1N(C)CCN(C)C. The third-order valence-electron chi connectivity index (χ3n) is 6.67. The van der Waals surface area contributed by atoms with Gasteiger partial charge in [0.25, 0.3) is 0 Å². The van der Waals surface area contributed by atoms with Crippen molar-refractivity contribution in [1.29, 1.82) is 0 Å². The Morgan fingerprint density at radius 3 is 2.61 bits per heavy atom. The van der Waals surface area contributed by atoms with Gasteiger partial charge in [0.05, 0.1) is 41.7 Å². The minimum atomic E-state index is -0.663. The summed E-state index contributed by atoms with van der Waals surface area (Å²) in [5, 5.41) is 8.96. The minimum Gasteiger partial charge on any atom is -0.494 e. The third-order valence-corrected chi connectivity index (χ3v) is 6.67. The highest BCUT2D eigenvalue weighted by atomic mass is 19.1. The number of anilines is 7. The molecule has 12 heteroatoms. The number of carbonyl (C=O) groups excluding carboxylic acids is 2. The van der Waals surface area contributed by atoms with Crippen LogP contribution in [-0.4, -0.2) is 74.6 Å². The van der Waals surface area contributed by atoms with Crippen molar-refractivity contribution in [2.75, 3.05) is 73.6 Å². The fourth-order valence-electron chi connectivity index (χ4n) is 4.54. The van der Waals surface area contributed by atoms with Crippen LogP contribution in [0.3, 0.4) is 0 Å². The molecule has 0 saturated heterocycles. The first-order valence-electron chi connectivity index (χ1n) is 13.1. The molecule has 0 bridgehead atoms.